The van der Waals surface area contributed by atoms with Crippen molar-refractivity contribution in [3.8, 4) is 0 Å². The standard InChI is InChI=1S/C20H33N3O3S/c1-6-15(4)22-27(25,26)19-13-17(21-20(24)14(2)3)10-11-18(19)23-12-8-7-9-16(23)5/h10-11,13-16,22H,6-9,12H2,1-5H3,(H,21,24). The zero-order valence-corrected chi connectivity index (χ0v) is 17.9. The number of hydrogen-bond acceptors (Lipinski definition) is 4. The lowest BCUT2D eigenvalue weighted by Gasteiger charge is -2.36. The summed E-state index contributed by atoms with van der Waals surface area (Å²) < 4.78 is 28.9. The van der Waals surface area contributed by atoms with Crippen molar-refractivity contribution in [1.29, 1.82) is 0 Å². The molecule has 1 saturated heterocycles. The number of carbonyl (C=O) groups excluding carboxylic acids is 1. The highest BCUT2D eigenvalue weighted by Crippen LogP contribution is 2.33. The van der Waals surface area contributed by atoms with E-state index in [1.165, 1.54) is 0 Å². The summed E-state index contributed by atoms with van der Waals surface area (Å²) in [6, 6.07) is 5.33. The van der Waals surface area contributed by atoms with Crippen LogP contribution in [0, 0.1) is 5.92 Å². The van der Waals surface area contributed by atoms with E-state index in [9.17, 15) is 13.2 Å². The Bertz CT molecular complexity index is 762. The van der Waals surface area contributed by atoms with Crippen LogP contribution < -0.4 is 14.9 Å². The summed E-state index contributed by atoms with van der Waals surface area (Å²) in [5.74, 6) is -0.308. The Morgan fingerprint density at radius 1 is 1.26 bits per heavy atom. The summed E-state index contributed by atoms with van der Waals surface area (Å²) in [4.78, 5) is 14.5. The summed E-state index contributed by atoms with van der Waals surface area (Å²) in [5.41, 5.74) is 1.21. The molecule has 1 aromatic carbocycles. The number of rotatable bonds is 7. The quantitative estimate of drug-likeness (QED) is 0.737. The summed E-state index contributed by atoms with van der Waals surface area (Å²) in [7, 11) is -3.70. The van der Waals surface area contributed by atoms with Gasteiger partial charge in [-0.25, -0.2) is 13.1 Å². The van der Waals surface area contributed by atoms with Crippen LogP contribution in [-0.2, 0) is 14.8 Å². The molecule has 2 rings (SSSR count). The van der Waals surface area contributed by atoms with Crippen LogP contribution >= 0.6 is 0 Å². The van der Waals surface area contributed by atoms with Crippen molar-refractivity contribution >= 4 is 27.3 Å². The van der Waals surface area contributed by atoms with Crippen molar-refractivity contribution < 1.29 is 13.2 Å². The van der Waals surface area contributed by atoms with Crippen LogP contribution in [0.15, 0.2) is 23.1 Å². The van der Waals surface area contributed by atoms with Crippen LogP contribution in [0.3, 0.4) is 0 Å². The first-order valence-electron chi connectivity index (χ1n) is 9.89. The normalized spacial score (nSPS) is 19.2. The summed E-state index contributed by atoms with van der Waals surface area (Å²) in [5, 5.41) is 2.81. The highest BCUT2D eigenvalue weighted by Gasteiger charge is 2.27. The predicted molar refractivity (Wildman–Crippen MR) is 111 cm³/mol. The smallest absolute Gasteiger partial charge is 0.242 e. The first-order valence-corrected chi connectivity index (χ1v) is 11.4. The van der Waals surface area contributed by atoms with Gasteiger partial charge in [0.1, 0.15) is 4.90 Å². The van der Waals surface area contributed by atoms with E-state index in [-0.39, 0.29) is 28.8 Å². The van der Waals surface area contributed by atoms with Crippen molar-refractivity contribution in [2.45, 2.75) is 77.3 Å². The van der Waals surface area contributed by atoms with Crippen LogP contribution in [0.2, 0.25) is 0 Å². The maximum Gasteiger partial charge on any atom is 0.242 e. The van der Waals surface area contributed by atoms with Gasteiger partial charge in [0.2, 0.25) is 15.9 Å². The molecule has 27 heavy (non-hydrogen) atoms. The SMILES string of the molecule is CCC(C)NS(=O)(=O)c1cc(NC(=O)C(C)C)ccc1N1CCCCC1C. The minimum Gasteiger partial charge on any atom is -0.368 e. The van der Waals surface area contributed by atoms with Crippen LogP contribution in [-0.4, -0.2) is 33.0 Å². The molecule has 1 fully saturated rings. The molecule has 1 aromatic rings. The molecule has 6 nitrogen and oxygen atoms in total. The van der Waals surface area contributed by atoms with Crippen molar-refractivity contribution in [3.05, 3.63) is 18.2 Å². The van der Waals surface area contributed by atoms with Gasteiger partial charge in [0, 0.05) is 30.2 Å². The fourth-order valence-corrected chi connectivity index (χ4v) is 4.76. The Morgan fingerprint density at radius 2 is 1.96 bits per heavy atom. The van der Waals surface area contributed by atoms with E-state index in [1.807, 2.05) is 19.9 Å². The molecule has 2 unspecified atom stereocenters. The predicted octanol–water partition coefficient (Wildman–Crippen LogP) is 3.74. The van der Waals surface area contributed by atoms with Gasteiger partial charge in [0.15, 0.2) is 0 Å². The van der Waals surface area contributed by atoms with Crippen molar-refractivity contribution in [1.82, 2.24) is 4.72 Å². The van der Waals surface area contributed by atoms with Gasteiger partial charge in [-0.1, -0.05) is 20.8 Å². The zero-order valence-electron chi connectivity index (χ0n) is 17.1. The minimum absolute atomic E-state index is 0.132. The third kappa shape index (κ3) is 5.45. The van der Waals surface area contributed by atoms with Crippen LogP contribution in [0.5, 0.6) is 0 Å². The fourth-order valence-electron chi connectivity index (χ4n) is 3.20. The summed E-state index contributed by atoms with van der Waals surface area (Å²) in [6.45, 7) is 10.4. The first-order chi connectivity index (χ1) is 12.7. The molecule has 0 aromatic heterocycles. The number of amides is 1. The minimum atomic E-state index is -3.70. The Kier molecular flexibility index (Phi) is 7.28. The lowest BCUT2D eigenvalue weighted by atomic mass is 10.0. The second-order valence-electron chi connectivity index (χ2n) is 7.80. The van der Waals surface area contributed by atoms with Gasteiger partial charge in [0.05, 0.1) is 5.69 Å². The molecular formula is C20H33N3O3S. The van der Waals surface area contributed by atoms with E-state index in [2.05, 4.69) is 21.9 Å². The molecule has 0 spiro atoms. The van der Waals surface area contributed by atoms with Gasteiger partial charge in [-0.2, -0.15) is 0 Å². The monoisotopic (exact) mass is 395 g/mol. The average Bonchev–Trinajstić information content (AvgIpc) is 2.61. The highest BCUT2D eigenvalue weighted by atomic mass is 32.2. The Morgan fingerprint density at radius 3 is 2.56 bits per heavy atom. The summed E-state index contributed by atoms with van der Waals surface area (Å²) >= 11 is 0. The van der Waals surface area contributed by atoms with Gasteiger partial charge in [-0.15, -0.1) is 0 Å². The molecule has 0 saturated carbocycles. The maximum absolute atomic E-state index is 13.1. The second kappa shape index (κ2) is 9.06. The van der Waals surface area contributed by atoms with Gasteiger partial charge in [-0.05, 0) is 57.7 Å². The average molecular weight is 396 g/mol. The van der Waals surface area contributed by atoms with Gasteiger partial charge >= 0.3 is 0 Å². The molecule has 1 aliphatic heterocycles. The maximum atomic E-state index is 13.1. The Labute approximate surface area is 163 Å². The lowest BCUT2D eigenvalue weighted by Crippen LogP contribution is -2.39. The number of nitrogens with zero attached hydrogens (tertiary/aromatic N) is 1. The number of carbonyl (C=O) groups is 1. The molecule has 0 radical (unpaired) electrons. The van der Waals surface area contributed by atoms with Crippen LogP contribution in [0.25, 0.3) is 0 Å². The molecule has 0 aliphatic carbocycles. The molecule has 152 valence electrons. The molecule has 0 bridgehead atoms. The zero-order chi connectivity index (χ0) is 20.2. The molecule has 1 aliphatic rings. The van der Waals surface area contributed by atoms with Gasteiger partial charge < -0.3 is 10.2 Å². The van der Waals surface area contributed by atoms with E-state index in [0.717, 1.165) is 25.8 Å². The van der Waals surface area contributed by atoms with E-state index in [1.54, 1.807) is 26.0 Å². The number of piperidine rings is 1. The largest absolute Gasteiger partial charge is 0.368 e. The number of benzene rings is 1. The van der Waals surface area contributed by atoms with E-state index in [4.69, 9.17) is 0 Å². The second-order valence-corrected chi connectivity index (χ2v) is 9.48. The Hall–Kier alpha value is -1.60. The molecule has 1 heterocycles. The highest BCUT2D eigenvalue weighted by molar-refractivity contribution is 7.89. The topological polar surface area (TPSA) is 78.5 Å². The van der Waals surface area contributed by atoms with Crippen molar-refractivity contribution in [2.24, 2.45) is 5.92 Å². The van der Waals surface area contributed by atoms with E-state index < -0.39 is 10.0 Å². The molecule has 7 heteroatoms. The number of sulfonamides is 1. The van der Waals surface area contributed by atoms with Crippen LogP contribution in [0.4, 0.5) is 11.4 Å². The molecular weight excluding hydrogens is 362 g/mol. The first kappa shape index (κ1) is 21.7. The summed E-state index contributed by atoms with van der Waals surface area (Å²) in [6.07, 6.45) is 3.96. The van der Waals surface area contributed by atoms with Crippen LogP contribution in [0.1, 0.15) is 60.3 Å². The fraction of sp³-hybridized carbons (Fsp3) is 0.650. The van der Waals surface area contributed by atoms with Gasteiger partial charge in [0.25, 0.3) is 0 Å². The molecule has 2 atom stereocenters. The lowest BCUT2D eigenvalue weighted by molar-refractivity contribution is -0.118. The van der Waals surface area contributed by atoms with E-state index in [0.29, 0.717) is 17.8 Å². The molecule has 2 N–H and O–H groups in total. The Balaban J connectivity index is 2.47. The number of hydrogen-bond donors (Lipinski definition) is 2. The number of anilines is 2. The third-order valence-electron chi connectivity index (χ3n) is 5.12. The van der Waals surface area contributed by atoms with Gasteiger partial charge in [-0.3, -0.25) is 4.79 Å². The van der Waals surface area contributed by atoms with Crippen molar-refractivity contribution in [3.63, 3.8) is 0 Å². The van der Waals surface area contributed by atoms with Crippen molar-refractivity contribution in [2.75, 3.05) is 16.8 Å². The third-order valence-corrected chi connectivity index (χ3v) is 6.74. The molecule has 1 amide bonds. The number of nitrogens with one attached hydrogen (secondary N) is 2. The van der Waals surface area contributed by atoms with E-state index >= 15 is 0 Å².